The van der Waals surface area contributed by atoms with Gasteiger partial charge in [0.05, 0.1) is 29.4 Å². The number of imidazole rings is 1. The van der Waals surface area contributed by atoms with E-state index in [1.807, 2.05) is 6.07 Å². The molecule has 1 atom stereocenters. The summed E-state index contributed by atoms with van der Waals surface area (Å²) >= 11 is 0. The first-order valence-corrected chi connectivity index (χ1v) is 8.87. The maximum Gasteiger partial charge on any atom is 0.266 e. The number of rotatable bonds is 3. The van der Waals surface area contributed by atoms with Crippen molar-refractivity contribution in [2.45, 2.75) is 24.9 Å². The van der Waals surface area contributed by atoms with E-state index in [4.69, 9.17) is 11.0 Å². The van der Waals surface area contributed by atoms with Gasteiger partial charge >= 0.3 is 0 Å². The molecule has 2 aromatic heterocycles. The highest BCUT2D eigenvalue weighted by molar-refractivity contribution is 5.80. The standard InChI is InChI=1S/C19H16F4N6/c20-12-5-14(21)17-15(6-12)27-18(28-4-3-19(22,23)16(25)10-28)29(17)9-13-2-1-11(7-24)8-26-13/h1-2,5-6,8,16H,3-4,9-10,25H2/t16-/m1/s1. The van der Waals surface area contributed by atoms with E-state index in [1.165, 1.54) is 10.8 Å². The summed E-state index contributed by atoms with van der Waals surface area (Å²) in [4.78, 5) is 10.0. The number of anilines is 1. The summed E-state index contributed by atoms with van der Waals surface area (Å²) in [6.45, 7) is -0.154. The van der Waals surface area contributed by atoms with E-state index >= 15 is 0 Å². The van der Waals surface area contributed by atoms with E-state index in [9.17, 15) is 17.6 Å². The number of pyridine rings is 1. The number of halogens is 4. The normalized spacial score (nSPS) is 18.8. The molecule has 0 saturated carbocycles. The lowest BCUT2D eigenvalue weighted by molar-refractivity contribution is -0.0395. The lowest BCUT2D eigenvalue weighted by atomic mass is 10.0. The van der Waals surface area contributed by atoms with Crippen molar-refractivity contribution in [3.05, 3.63) is 53.4 Å². The maximum atomic E-state index is 14.6. The van der Waals surface area contributed by atoms with E-state index in [0.717, 1.165) is 12.1 Å². The molecule has 10 heteroatoms. The molecule has 0 bridgehead atoms. The predicted octanol–water partition coefficient (Wildman–Crippen LogP) is 2.80. The third-order valence-corrected chi connectivity index (χ3v) is 4.97. The molecule has 1 aliphatic rings. The molecule has 1 saturated heterocycles. The second kappa shape index (κ2) is 7.00. The van der Waals surface area contributed by atoms with Crippen LogP contribution in [0.25, 0.3) is 11.0 Å². The number of aromatic nitrogens is 3. The molecular formula is C19H16F4N6. The largest absolute Gasteiger partial charge is 0.340 e. The minimum atomic E-state index is -3.00. The van der Waals surface area contributed by atoms with Gasteiger partial charge in [-0.05, 0) is 12.1 Å². The van der Waals surface area contributed by atoms with Gasteiger partial charge < -0.3 is 15.2 Å². The zero-order valence-corrected chi connectivity index (χ0v) is 15.1. The predicted molar refractivity (Wildman–Crippen MR) is 97.5 cm³/mol. The summed E-state index contributed by atoms with van der Waals surface area (Å²) in [7, 11) is 0. The van der Waals surface area contributed by atoms with Crippen LogP contribution in [-0.4, -0.2) is 39.6 Å². The van der Waals surface area contributed by atoms with Crippen LogP contribution in [0.2, 0.25) is 0 Å². The Labute approximate surface area is 163 Å². The van der Waals surface area contributed by atoms with Crippen LogP contribution in [-0.2, 0) is 6.54 Å². The smallest absolute Gasteiger partial charge is 0.266 e. The lowest BCUT2D eigenvalue weighted by Gasteiger charge is -2.37. The monoisotopic (exact) mass is 404 g/mol. The molecule has 0 amide bonds. The molecule has 0 spiro atoms. The first kappa shape index (κ1) is 19.1. The Hall–Kier alpha value is -3.19. The zero-order valence-electron chi connectivity index (χ0n) is 15.1. The van der Waals surface area contributed by atoms with Crippen molar-refractivity contribution in [3.63, 3.8) is 0 Å². The molecule has 0 radical (unpaired) electrons. The highest BCUT2D eigenvalue weighted by atomic mass is 19.3. The van der Waals surface area contributed by atoms with Crippen molar-refractivity contribution in [1.29, 1.82) is 5.26 Å². The van der Waals surface area contributed by atoms with Crippen molar-refractivity contribution in [1.82, 2.24) is 14.5 Å². The number of hydrogen-bond donors (Lipinski definition) is 1. The molecule has 1 aromatic carbocycles. The minimum absolute atomic E-state index is 0.0328. The first-order chi connectivity index (χ1) is 13.8. The van der Waals surface area contributed by atoms with Gasteiger partial charge in [-0.2, -0.15) is 5.26 Å². The second-order valence-electron chi connectivity index (χ2n) is 6.97. The minimum Gasteiger partial charge on any atom is -0.340 e. The van der Waals surface area contributed by atoms with Gasteiger partial charge in [-0.1, -0.05) is 0 Å². The van der Waals surface area contributed by atoms with Gasteiger partial charge in [-0.3, -0.25) is 4.98 Å². The molecule has 3 heterocycles. The Balaban J connectivity index is 1.80. The van der Waals surface area contributed by atoms with E-state index in [2.05, 4.69) is 9.97 Å². The van der Waals surface area contributed by atoms with Crippen LogP contribution in [0.15, 0.2) is 30.5 Å². The molecule has 6 nitrogen and oxygen atoms in total. The van der Waals surface area contributed by atoms with Gasteiger partial charge in [0.25, 0.3) is 5.92 Å². The van der Waals surface area contributed by atoms with Gasteiger partial charge in [0.15, 0.2) is 5.82 Å². The molecule has 1 fully saturated rings. The van der Waals surface area contributed by atoms with Crippen LogP contribution in [0.3, 0.4) is 0 Å². The van der Waals surface area contributed by atoms with Crippen molar-refractivity contribution in [2.75, 3.05) is 18.0 Å². The van der Waals surface area contributed by atoms with Gasteiger partial charge in [-0.25, -0.2) is 22.5 Å². The number of alkyl halides is 2. The number of piperidine rings is 1. The van der Waals surface area contributed by atoms with Crippen LogP contribution in [0.5, 0.6) is 0 Å². The average Bonchev–Trinajstić information content (AvgIpc) is 3.03. The fourth-order valence-electron chi connectivity index (χ4n) is 3.42. The lowest BCUT2D eigenvalue weighted by Crippen LogP contribution is -2.55. The second-order valence-corrected chi connectivity index (χ2v) is 6.97. The topological polar surface area (TPSA) is 83.8 Å². The summed E-state index contributed by atoms with van der Waals surface area (Å²) in [5.74, 6) is -4.40. The molecule has 29 heavy (non-hydrogen) atoms. The third kappa shape index (κ3) is 3.49. The molecule has 0 aliphatic carbocycles. The average molecular weight is 404 g/mol. The first-order valence-electron chi connectivity index (χ1n) is 8.87. The molecule has 150 valence electrons. The van der Waals surface area contributed by atoms with Crippen molar-refractivity contribution in [3.8, 4) is 6.07 Å². The van der Waals surface area contributed by atoms with Crippen LogP contribution in [0, 0.1) is 23.0 Å². The molecule has 3 aromatic rings. The van der Waals surface area contributed by atoms with Gasteiger partial charge in [0.2, 0.25) is 5.95 Å². The molecule has 2 N–H and O–H groups in total. The molecular weight excluding hydrogens is 388 g/mol. The summed E-state index contributed by atoms with van der Waals surface area (Å²) in [6, 6.07) is 5.55. The van der Waals surface area contributed by atoms with E-state index in [0.29, 0.717) is 11.3 Å². The summed E-state index contributed by atoms with van der Waals surface area (Å²) in [5.41, 5.74) is 6.59. The van der Waals surface area contributed by atoms with Gasteiger partial charge in [-0.15, -0.1) is 0 Å². The SMILES string of the molecule is N#Cc1ccc(Cn2c(N3CCC(F)(F)[C@H](N)C3)nc3cc(F)cc(F)c32)nc1. The molecule has 0 unspecified atom stereocenters. The zero-order chi connectivity index (χ0) is 20.8. The van der Waals surface area contributed by atoms with E-state index < -0.39 is 30.0 Å². The molecule has 1 aliphatic heterocycles. The third-order valence-electron chi connectivity index (χ3n) is 4.97. The van der Waals surface area contributed by atoms with Gasteiger partial charge in [0.1, 0.15) is 17.4 Å². The highest BCUT2D eigenvalue weighted by Gasteiger charge is 2.43. The highest BCUT2D eigenvalue weighted by Crippen LogP contribution is 2.32. The Bertz CT molecular complexity index is 1100. The van der Waals surface area contributed by atoms with Crippen LogP contribution < -0.4 is 10.6 Å². The summed E-state index contributed by atoms with van der Waals surface area (Å²) < 4.78 is 57.3. The molecule has 4 rings (SSSR count). The van der Waals surface area contributed by atoms with Crippen LogP contribution in [0.4, 0.5) is 23.5 Å². The maximum absolute atomic E-state index is 14.6. The number of fused-ring (bicyclic) bond motifs is 1. The van der Waals surface area contributed by atoms with Crippen molar-refractivity contribution < 1.29 is 17.6 Å². The fourth-order valence-corrected chi connectivity index (χ4v) is 3.42. The number of nitrogens with zero attached hydrogens (tertiary/aromatic N) is 5. The summed E-state index contributed by atoms with van der Waals surface area (Å²) in [5, 5.41) is 8.90. The fraction of sp³-hybridized carbons (Fsp3) is 0.316. The van der Waals surface area contributed by atoms with Gasteiger partial charge in [0, 0.05) is 37.8 Å². The Morgan fingerprint density at radius 2 is 2.07 bits per heavy atom. The number of nitriles is 1. The Morgan fingerprint density at radius 1 is 1.28 bits per heavy atom. The summed E-state index contributed by atoms with van der Waals surface area (Å²) in [6.07, 6.45) is 0.908. The number of hydrogen-bond acceptors (Lipinski definition) is 5. The van der Waals surface area contributed by atoms with Crippen molar-refractivity contribution >= 4 is 17.0 Å². The van der Waals surface area contributed by atoms with Crippen LogP contribution >= 0.6 is 0 Å². The Kier molecular flexibility index (Phi) is 4.62. The Morgan fingerprint density at radius 3 is 2.72 bits per heavy atom. The number of nitrogens with two attached hydrogens (primary N) is 1. The van der Waals surface area contributed by atoms with Crippen molar-refractivity contribution in [2.24, 2.45) is 5.73 Å². The quantitative estimate of drug-likeness (QED) is 0.679. The van der Waals surface area contributed by atoms with E-state index in [1.54, 1.807) is 17.0 Å². The number of benzene rings is 1. The van der Waals surface area contributed by atoms with E-state index in [-0.39, 0.29) is 36.6 Å². The van der Waals surface area contributed by atoms with Crippen LogP contribution in [0.1, 0.15) is 17.7 Å².